The molecule has 1 aromatic carbocycles. The van der Waals surface area contributed by atoms with Gasteiger partial charge in [0, 0.05) is 18.8 Å². The summed E-state index contributed by atoms with van der Waals surface area (Å²) in [7, 11) is 0. The fourth-order valence-corrected chi connectivity index (χ4v) is 3.63. The third kappa shape index (κ3) is 3.11. The molecule has 2 aliphatic heterocycles. The Bertz CT molecular complexity index is 409. The summed E-state index contributed by atoms with van der Waals surface area (Å²) >= 11 is 0. The van der Waals surface area contributed by atoms with E-state index in [1.165, 1.54) is 57.5 Å². The van der Waals surface area contributed by atoms with Gasteiger partial charge in [0.25, 0.3) is 0 Å². The maximum atomic E-state index is 3.46. The van der Waals surface area contributed by atoms with Crippen LogP contribution in [-0.2, 0) is 6.42 Å². The second-order valence-corrected chi connectivity index (χ2v) is 6.37. The lowest BCUT2D eigenvalue weighted by Crippen LogP contribution is -2.37. The molecule has 1 N–H and O–H groups in total. The Labute approximate surface area is 117 Å². The van der Waals surface area contributed by atoms with Crippen molar-refractivity contribution in [1.29, 1.82) is 0 Å². The third-order valence-electron chi connectivity index (χ3n) is 4.70. The monoisotopic (exact) mass is 258 g/mol. The van der Waals surface area contributed by atoms with Gasteiger partial charge in [-0.15, -0.1) is 0 Å². The van der Waals surface area contributed by atoms with Crippen molar-refractivity contribution in [1.82, 2.24) is 5.32 Å². The molecule has 0 saturated carbocycles. The maximum Gasteiger partial charge on any atom is 0.0398 e. The summed E-state index contributed by atoms with van der Waals surface area (Å²) in [6, 6.07) is 8.99. The number of piperidine rings is 1. The molecule has 0 aromatic heterocycles. The predicted molar refractivity (Wildman–Crippen MR) is 81.7 cm³/mol. The molecule has 1 fully saturated rings. The van der Waals surface area contributed by atoms with Crippen molar-refractivity contribution < 1.29 is 0 Å². The molecule has 1 saturated heterocycles. The Morgan fingerprint density at radius 3 is 2.84 bits per heavy atom. The van der Waals surface area contributed by atoms with Crippen LogP contribution in [0.15, 0.2) is 24.3 Å². The number of rotatable bonds is 3. The van der Waals surface area contributed by atoms with E-state index >= 15 is 0 Å². The molecule has 1 atom stereocenters. The summed E-state index contributed by atoms with van der Waals surface area (Å²) in [5, 5.41) is 3.46. The highest BCUT2D eigenvalue weighted by molar-refractivity contribution is 5.55. The topological polar surface area (TPSA) is 15.3 Å². The van der Waals surface area contributed by atoms with Gasteiger partial charge in [-0.25, -0.2) is 0 Å². The Morgan fingerprint density at radius 1 is 1.21 bits per heavy atom. The van der Waals surface area contributed by atoms with Gasteiger partial charge in [-0.2, -0.15) is 0 Å². The molecule has 0 spiro atoms. The molecule has 2 heteroatoms. The van der Waals surface area contributed by atoms with E-state index in [2.05, 4.69) is 41.4 Å². The number of hydrogen-bond acceptors (Lipinski definition) is 2. The first kappa shape index (κ1) is 13.0. The minimum atomic E-state index is 0.794. The quantitative estimate of drug-likeness (QED) is 0.896. The molecule has 0 aliphatic carbocycles. The molecule has 2 heterocycles. The lowest BCUT2D eigenvalue weighted by molar-refractivity contribution is 0.351. The van der Waals surface area contributed by atoms with Gasteiger partial charge in [-0.3, -0.25) is 0 Å². The molecule has 1 unspecified atom stereocenters. The standard InChI is InChI=1S/C17H26N2/c1-14-12-16-4-2-3-5-17(16)19(13-14)11-8-15-6-9-18-10-7-15/h2-5,14-15,18H,6-13H2,1H3. The van der Waals surface area contributed by atoms with E-state index in [-0.39, 0.29) is 0 Å². The molecule has 0 radical (unpaired) electrons. The van der Waals surface area contributed by atoms with Gasteiger partial charge in [0.2, 0.25) is 0 Å². The van der Waals surface area contributed by atoms with Gasteiger partial charge in [0.05, 0.1) is 0 Å². The Balaban J connectivity index is 1.64. The highest BCUT2D eigenvalue weighted by atomic mass is 15.1. The highest BCUT2D eigenvalue weighted by Gasteiger charge is 2.22. The van der Waals surface area contributed by atoms with Gasteiger partial charge < -0.3 is 10.2 Å². The molecule has 0 amide bonds. The summed E-state index contributed by atoms with van der Waals surface area (Å²) in [6.07, 6.45) is 5.35. The zero-order chi connectivity index (χ0) is 13.1. The van der Waals surface area contributed by atoms with Gasteiger partial charge in [0.1, 0.15) is 0 Å². The number of hydrogen-bond donors (Lipinski definition) is 1. The summed E-state index contributed by atoms with van der Waals surface area (Å²) < 4.78 is 0. The number of fused-ring (bicyclic) bond motifs is 1. The molecule has 19 heavy (non-hydrogen) atoms. The van der Waals surface area contributed by atoms with Crippen molar-refractivity contribution in [3.8, 4) is 0 Å². The number of anilines is 1. The SMILES string of the molecule is CC1Cc2ccccc2N(CCC2CCNCC2)C1. The minimum absolute atomic E-state index is 0.794. The van der Waals surface area contributed by atoms with E-state index in [4.69, 9.17) is 0 Å². The summed E-state index contributed by atoms with van der Waals surface area (Å²) in [4.78, 5) is 2.63. The average Bonchev–Trinajstić information content (AvgIpc) is 2.45. The lowest BCUT2D eigenvalue weighted by Gasteiger charge is -2.36. The predicted octanol–water partition coefficient (Wildman–Crippen LogP) is 3.07. The van der Waals surface area contributed by atoms with Crippen LogP contribution >= 0.6 is 0 Å². The van der Waals surface area contributed by atoms with Crippen molar-refractivity contribution >= 4 is 5.69 Å². The lowest BCUT2D eigenvalue weighted by atomic mass is 9.91. The zero-order valence-corrected chi connectivity index (χ0v) is 12.1. The summed E-state index contributed by atoms with van der Waals surface area (Å²) in [5.41, 5.74) is 3.04. The number of nitrogens with zero attached hydrogens (tertiary/aromatic N) is 1. The first-order chi connectivity index (χ1) is 9.33. The maximum absolute atomic E-state index is 3.46. The van der Waals surface area contributed by atoms with Crippen LogP contribution in [0.4, 0.5) is 5.69 Å². The molecular formula is C17H26N2. The number of para-hydroxylation sites is 1. The van der Waals surface area contributed by atoms with Gasteiger partial charge >= 0.3 is 0 Å². The number of benzene rings is 1. The normalized spacial score (nSPS) is 24.3. The second-order valence-electron chi connectivity index (χ2n) is 6.37. The minimum Gasteiger partial charge on any atom is -0.371 e. The zero-order valence-electron chi connectivity index (χ0n) is 12.1. The van der Waals surface area contributed by atoms with Crippen molar-refractivity contribution in [3.05, 3.63) is 29.8 Å². The summed E-state index contributed by atoms with van der Waals surface area (Å²) in [5.74, 6) is 1.73. The van der Waals surface area contributed by atoms with E-state index in [1.54, 1.807) is 5.56 Å². The molecule has 2 aliphatic rings. The Kier molecular flexibility index (Phi) is 4.07. The molecule has 0 bridgehead atoms. The second kappa shape index (κ2) is 5.96. The van der Waals surface area contributed by atoms with Crippen molar-refractivity contribution in [2.75, 3.05) is 31.1 Å². The molecule has 2 nitrogen and oxygen atoms in total. The molecule has 104 valence electrons. The van der Waals surface area contributed by atoms with Crippen LogP contribution in [0.25, 0.3) is 0 Å². The van der Waals surface area contributed by atoms with E-state index in [0.717, 1.165) is 11.8 Å². The van der Waals surface area contributed by atoms with Crippen LogP contribution in [0.2, 0.25) is 0 Å². The number of nitrogens with one attached hydrogen (secondary N) is 1. The first-order valence-electron chi connectivity index (χ1n) is 7.86. The molecular weight excluding hydrogens is 232 g/mol. The first-order valence-corrected chi connectivity index (χ1v) is 7.86. The highest BCUT2D eigenvalue weighted by Crippen LogP contribution is 2.30. The van der Waals surface area contributed by atoms with Crippen LogP contribution in [0.3, 0.4) is 0 Å². The van der Waals surface area contributed by atoms with Crippen LogP contribution in [0.5, 0.6) is 0 Å². The van der Waals surface area contributed by atoms with E-state index in [1.807, 2.05) is 0 Å². The van der Waals surface area contributed by atoms with Crippen molar-refractivity contribution in [2.45, 2.75) is 32.6 Å². The van der Waals surface area contributed by atoms with Crippen molar-refractivity contribution in [3.63, 3.8) is 0 Å². The average molecular weight is 258 g/mol. The molecule has 1 aromatic rings. The largest absolute Gasteiger partial charge is 0.371 e. The smallest absolute Gasteiger partial charge is 0.0398 e. The van der Waals surface area contributed by atoms with E-state index in [0.29, 0.717) is 0 Å². The van der Waals surface area contributed by atoms with Crippen molar-refractivity contribution in [2.24, 2.45) is 11.8 Å². The van der Waals surface area contributed by atoms with Crippen LogP contribution in [0.1, 0.15) is 31.7 Å². The Morgan fingerprint density at radius 2 is 2.00 bits per heavy atom. The van der Waals surface area contributed by atoms with E-state index < -0.39 is 0 Å². The molecule has 3 rings (SSSR count). The van der Waals surface area contributed by atoms with Crippen LogP contribution in [0, 0.1) is 11.8 Å². The van der Waals surface area contributed by atoms with E-state index in [9.17, 15) is 0 Å². The Hall–Kier alpha value is -1.02. The van der Waals surface area contributed by atoms with Gasteiger partial charge in [-0.1, -0.05) is 25.1 Å². The van der Waals surface area contributed by atoms with Gasteiger partial charge in [-0.05, 0) is 62.2 Å². The summed E-state index contributed by atoms with van der Waals surface area (Å²) in [6.45, 7) is 7.30. The fraction of sp³-hybridized carbons (Fsp3) is 0.647. The third-order valence-corrected chi connectivity index (χ3v) is 4.70. The van der Waals surface area contributed by atoms with Crippen LogP contribution < -0.4 is 10.2 Å². The fourth-order valence-electron chi connectivity index (χ4n) is 3.63. The van der Waals surface area contributed by atoms with Crippen LogP contribution in [-0.4, -0.2) is 26.2 Å². The van der Waals surface area contributed by atoms with Gasteiger partial charge in [0.15, 0.2) is 0 Å².